The Kier molecular flexibility index (Phi) is 7.77. The van der Waals surface area contributed by atoms with Crippen molar-refractivity contribution < 1.29 is 9.59 Å². The van der Waals surface area contributed by atoms with Crippen LogP contribution < -0.4 is 16.4 Å². The van der Waals surface area contributed by atoms with E-state index < -0.39 is 0 Å². The first-order chi connectivity index (χ1) is 18.2. The highest BCUT2D eigenvalue weighted by atomic mass is 32.1. The molecule has 0 unspecified atom stereocenters. The van der Waals surface area contributed by atoms with Crippen LogP contribution in [0.15, 0.2) is 48.4 Å². The Morgan fingerprint density at radius 3 is 2.71 bits per heavy atom. The molecule has 1 amide bonds. The Labute approximate surface area is 224 Å². The largest absolute Gasteiger partial charge is 0.383 e. The molecule has 0 spiro atoms. The second-order valence-corrected chi connectivity index (χ2v) is 9.85. The molecular weight excluding hydrogens is 500 g/mol. The molecule has 11 heteroatoms. The predicted octanol–water partition coefficient (Wildman–Crippen LogP) is 4.18. The fourth-order valence-electron chi connectivity index (χ4n) is 3.89. The van der Waals surface area contributed by atoms with Crippen molar-refractivity contribution >= 4 is 62.3 Å². The highest BCUT2D eigenvalue weighted by molar-refractivity contribution is 7.22. The number of amides is 1. The zero-order chi connectivity index (χ0) is 27.4. The number of aryl methyl sites for hydroxylation is 1. The van der Waals surface area contributed by atoms with Gasteiger partial charge >= 0.3 is 0 Å². The lowest BCUT2D eigenvalue weighted by Crippen LogP contribution is -2.21. The minimum atomic E-state index is -0.196. The summed E-state index contributed by atoms with van der Waals surface area (Å²) in [6.07, 6.45) is 4.17. The van der Waals surface area contributed by atoms with Crippen LogP contribution in [0.1, 0.15) is 39.5 Å². The highest BCUT2D eigenvalue weighted by Gasteiger charge is 2.18. The highest BCUT2D eigenvalue weighted by Crippen LogP contribution is 2.29. The topological polar surface area (TPSA) is 150 Å². The molecule has 0 bridgehead atoms. The van der Waals surface area contributed by atoms with Crippen molar-refractivity contribution in [1.82, 2.24) is 19.9 Å². The first-order valence-electron chi connectivity index (χ1n) is 11.7. The van der Waals surface area contributed by atoms with Gasteiger partial charge in [0.25, 0.3) is 0 Å². The molecule has 0 aliphatic carbocycles. The van der Waals surface area contributed by atoms with Crippen LogP contribution in [0.4, 0.5) is 16.8 Å². The number of carbonyl (C=O) groups is 2. The number of likely N-dealkylation sites (N-methyl/N-ethyl adjacent to an activating group) is 1. The number of nitrogens with one attached hydrogen (secondary N) is 3. The summed E-state index contributed by atoms with van der Waals surface area (Å²) in [5.74, 6) is 0.393. The number of thiazole rings is 1. The Bertz CT molecular complexity index is 1570. The maximum Gasteiger partial charge on any atom is 0.223 e. The van der Waals surface area contributed by atoms with Crippen molar-refractivity contribution in [3.63, 3.8) is 0 Å². The van der Waals surface area contributed by atoms with Crippen LogP contribution in [0.3, 0.4) is 0 Å². The molecule has 0 saturated carbocycles. The van der Waals surface area contributed by atoms with Crippen molar-refractivity contribution in [1.29, 1.82) is 5.41 Å². The number of aldehydes is 1. The van der Waals surface area contributed by atoms with Gasteiger partial charge in [-0.25, -0.2) is 15.0 Å². The van der Waals surface area contributed by atoms with Gasteiger partial charge in [-0.05, 0) is 36.3 Å². The van der Waals surface area contributed by atoms with E-state index in [4.69, 9.17) is 11.1 Å². The van der Waals surface area contributed by atoms with E-state index >= 15 is 0 Å². The number of hydrogen-bond acceptors (Lipinski definition) is 10. The zero-order valence-corrected chi connectivity index (χ0v) is 22.3. The van der Waals surface area contributed by atoms with Gasteiger partial charge in [-0.3, -0.25) is 15.0 Å². The summed E-state index contributed by atoms with van der Waals surface area (Å²) >= 11 is 1.33. The van der Waals surface area contributed by atoms with E-state index in [1.165, 1.54) is 24.6 Å². The van der Waals surface area contributed by atoms with Gasteiger partial charge in [-0.2, -0.15) is 0 Å². The number of anilines is 3. The van der Waals surface area contributed by atoms with E-state index in [2.05, 4.69) is 25.6 Å². The van der Waals surface area contributed by atoms with Gasteiger partial charge < -0.3 is 21.3 Å². The van der Waals surface area contributed by atoms with Crippen molar-refractivity contribution in [3.05, 3.63) is 76.2 Å². The van der Waals surface area contributed by atoms with Crippen molar-refractivity contribution in [2.45, 2.75) is 13.8 Å². The van der Waals surface area contributed by atoms with Crippen LogP contribution >= 0.6 is 11.3 Å². The van der Waals surface area contributed by atoms with Gasteiger partial charge in [-0.1, -0.05) is 35.6 Å². The molecule has 38 heavy (non-hydrogen) atoms. The van der Waals surface area contributed by atoms with Gasteiger partial charge in [0.2, 0.25) is 5.91 Å². The maximum absolute atomic E-state index is 11.7. The monoisotopic (exact) mass is 528 g/mol. The maximum atomic E-state index is 11.7. The standard InChI is InChI=1S/C27H28N8O2S/c1-15-6-5-7-17(20(15)13-36)10-19(35(3)4)12-30-26-23(25(29)31-14-32-26)24(28)18-8-9-21-22(11-18)38-27(34-21)33-16(2)37/h5-11,13-14,28H,12H2,1-4H3,(H,33,34,37)(H3,29,30,31,32)/b19-10-,28-24?. The number of benzene rings is 2. The van der Waals surface area contributed by atoms with Gasteiger partial charge in [0.05, 0.1) is 28.0 Å². The third-order valence-electron chi connectivity index (χ3n) is 5.90. The van der Waals surface area contributed by atoms with E-state index in [9.17, 15) is 9.59 Å². The fraction of sp³-hybridized carbons (Fsp3) is 0.185. The number of nitrogens with two attached hydrogens (primary N) is 1. The zero-order valence-electron chi connectivity index (χ0n) is 21.5. The quantitative estimate of drug-likeness (QED) is 0.187. The second kappa shape index (κ2) is 11.2. The molecule has 194 valence electrons. The molecule has 4 rings (SSSR count). The lowest BCUT2D eigenvalue weighted by molar-refractivity contribution is -0.114. The van der Waals surface area contributed by atoms with E-state index in [0.29, 0.717) is 34.2 Å². The average Bonchev–Trinajstić information content (AvgIpc) is 3.26. The predicted molar refractivity (Wildman–Crippen MR) is 153 cm³/mol. The molecule has 0 radical (unpaired) electrons. The second-order valence-electron chi connectivity index (χ2n) is 8.82. The number of carbonyl (C=O) groups excluding carboxylic acids is 2. The minimum Gasteiger partial charge on any atom is -0.383 e. The molecular formula is C27H28N8O2S. The van der Waals surface area contributed by atoms with E-state index in [-0.39, 0.29) is 17.4 Å². The Balaban J connectivity index is 1.64. The van der Waals surface area contributed by atoms with Crippen LogP contribution in [-0.4, -0.2) is 58.4 Å². The molecule has 2 heterocycles. The summed E-state index contributed by atoms with van der Waals surface area (Å²) in [5, 5.41) is 15.4. The summed E-state index contributed by atoms with van der Waals surface area (Å²) in [5.41, 5.74) is 11.3. The van der Waals surface area contributed by atoms with Crippen molar-refractivity contribution in [2.75, 3.05) is 37.0 Å². The third kappa shape index (κ3) is 5.68. The molecule has 2 aromatic heterocycles. The summed E-state index contributed by atoms with van der Waals surface area (Å²) in [6, 6.07) is 11.1. The van der Waals surface area contributed by atoms with Crippen LogP contribution in [0, 0.1) is 12.3 Å². The number of rotatable bonds is 9. The van der Waals surface area contributed by atoms with Gasteiger partial charge in [0, 0.05) is 37.8 Å². The lowest BCUT2D eigenvalue weighted by Gasteiger charge is -2.20. The summed E-state index contributed by atoms with van der Waals surface area (Å²) < 4.78 is 0.822. The summed E-state index contributed by atoms with van der Waals surface area (Å²) in [6.45, 7) is 3.70. The summed E-state index contributed by atoms with van der Waals surface area (Å²) in [7, 11) is 3.83. The van der Waals surface area contributed by atoms with Crippen LogP contribution in [0.25, 0.3) is 16.3 Å². The minimum absolute atomic E-state index is 0.152. The van der Waals surface area contributed by atoms with Crippen molar-refractivity contribution in [3.8, 4) is 0 Å². The Morgan fingerprint density at radius 2 is 2.00 bits per heavy atom. The molecule has 5 N–H and O–H groups in total. The number of aromatic nitrogens is 3. The molecule has 0 atom stereocenters. The van der Waals surface area contributed by atoms with E-state index in [1.807, 2.05) is 56.3 Å². The Hall–Kier alpha value is -4.64. The summed E-state index contributed by atoms with van der Waals surface area (Å²) in [4.78, 5) is 37.9. The van der Waals surface area contributed by atoms with Gasteiger partial charge in [0.1, 0.15) is 18.0 Å². The van der Waals surface area contributed by atoms with Crippen LogP contribution in [0.2, 0.25) is 0 Å². The fourth-order valence-corrected chi connectivity index (χ4v) is 4.84. The molecule has 0 aliphatic rings. The molecule has 0 fully saturated rings. The molecule has 0 saturated heterocycles. The van der Waals surface area contributed by atoms with E-state index in [1.54, 1.807) is 12.1 Å². The molecule has 10 nitrogen and oxygen atoms in total. The average molecular weight is 529 g/mol. The number of nitrogens with zero attached hydrogens (tertiary/aromatic N) is 4. The molecule has 0 aliphatic heterocycles. The van der Waals surface area contributed by atoms with Gasteiger partial charge in [0.15, 0.2) is 11.4 Å². The first kappa shape index (κ1) is 26.4. The van der Waals surface area contributed by atoms with Crippen LogP contribution in [0.5, 0.6) is 0 Å². The SMILES string of the molecule is CC(=O)Nc1nc2ccc(C(=N)c3c(N)ncnc3NC/C(=C/c3cccc(C)c3C=O)N(C)C)cc2s1. The van der Waals surface area contributed by atoms with Gasteiger partial charge in [-0.15, -0.1) is 0 Å². The van der Waals surface area contributed by atoms with Crippen molar-refractivity contribution in [2.24, 2.45) is 0 Å². The normalized spacial score (nSPS) is 11.3. The number of nitrogen functional groups attached to an aromatic ring is 1. The number of hydrogen-bond donors (Lipinski definition) is 4. The molecule has 4 aromatic rings. The first-order valence-corrected chi connectivity index (χ1v) is 12.5. The van der Waals surface area contributed by atoms with E-state index in [0.717, 1.165) is 33.3 Å². The third-order valence-corrected chi connectivity index (χ3v) is 6.83. The van der Waals surface area contributed by atoms with Crippen LogP contribution in [-0.2, 0) is 4.79 Å². The lowest BCUT2D eigenvalue weighted by atomic mass is 10.0. The molecule has 2 aromatic carbocycles. The number of fused-ring (bicyclic) bond motifs is 1. The smallest absolute Gasteiger partial charge is 0.223 e. The Morgan fingerprint density at radius 1 is 1.21 bits per heavy atom.